The van der Waals surface area contributed by atoms with Gasteiger partial charge in [-0.05, 0) is 53.4 Å². The second-order valence-electron chi connectivity index (χ2n) is 11.9. The highest BCUT2D eigenvalue weighted by atomic mass is 16.5. The number of ether oxygens (including phenoxy) is 1. The summed E-state index contributed by atoms with van der Waals surface area (Å²) in [7, 11) is 0. The molecule has 0 aromatic rings. The molecule has 1 atom stereocenters. The minimum Gasteiger partial charge on any atom is -0.481 e. The van der Waals surface area contributed by atoms with E-state index in [0.29, 0.717) is 38.5 Å². The van der Waals surface area contributed by atoms with Crippen LogP contribution in [-0.2, 0) is 33.5 Å². The molecule has 248 valence electrons. The van der Waals surface area contributed by atoms with E-state index >= 15 is 0 Å². The monoisotopic (exact) mass is 613 g/mol. The van der Waals surface area contributed by atoms with Gasteiger partial charge >= 0.3 is 5.97 Å². The van der Waals surface area contributed by atoms with Crippen LogP contribution in [0.15, 0.2) is 0 Å². The Kier molecular flexibility index (Phi) is 19.1. The Hall–Kier alpha value is -3.22. The van der Waals surface area contributed by atoms with Crippen LogP contribution < -0.4 is 21.3 Å². The minimum absolute atomic E-state index is 0.0681. The highest BCUT2D eigenvalue weighted by Crippen LogP contribution is 2.18. The van der Waals surface area contributed by atoms with Crippen LogP contribution in [0.5, 0.6) is 0 Å². The quantitative estimate of drug-likeness (QED) is 0.116. The van der Waals surface area contributed by atoms with Crippen LogP contribution in [-0.4, -0.2) is 95.5 Å². The Morgan fingerprint density at radius 3 is 1.79 bits per heavy atom. The standard InChI is InChI=1S/C30H55N5O8/c1-8-11-24(37)31-16-18-35(19-17-32-25(38)12-9-2)28(42)22(13-14-27(40)41)33-26(39)21-30(6,7)43-20-15-29(4,5)34-23(36)10-3/h22H,8-21H2,1-7H3,(H,31,37)(H,32,38)(H,33,39)(H,34,36)(H,40,41). The Morgan fingerprint density at radius 2 is 1.33 bits per heavy atom. The molecule has 0 spiro atoms. The molecule has 5 amide bonds. The molecule has 5 N–H and O–H groups in total. The molecule has 0 aliphatic rings. The Balaban J connectivity index is 5.46. The number of carbonyl (C=O) groups is 6. The maximum absolute atomic E-state index is 13.6. The van der Waals surface area contributed by atoms with Crippen molar-refractivity contribution in [2.24, 2.45) is 0 Å². The molecular formula is C30H55N5O8. The molecule has 0 fully saturated rings. The maximum Gasteiger partial charge on any atom is 0.303 e. The van der Waals surface area contributed by atoms with Crippen LogP contribution in [0.25, 0.3) is 0 Å². The summed E-state index contributed by atoms with van der Waals surface area (Å²) in [5.74, 6) is -2.48. The lowest BCUT2D eigenvalue weighted by molar-refractivity contribution is -0.141. The molecule has 0 rings (SSSR count). The van der Waals surface area contributed by atoms with Crippen LogP contribution in [0.3, 0.4) is 0 Å². The Morgan fingerprint density at radius 1 is 0.791 bits per heavy atom. The average Bonchev–Trinajstić information content (AvgIpc) is 2.89. The number of aliphatic carboxylic acids is 1. The third-order valence-corrected chi connectivity index (χ3v) is 6.56. The van der Waals surface area contributed by atoms with E-state index in [0.717, 1.165) is 0 Å². The van der Waals surface area contributed by atoms with Crippen LogP contribution >= 0.6 is 0 Å². The largest absolute Gasteiger partial charge is 0.481 e. The van der Waals surface area contributed by atoms with Crippen LogP contribution in [0.4, 0.5) is 0 Å². The molecule has 1 unspecified atom stereocenters. The van der Waals surface area contributed by atoms with E-state index in [2.05, 4.69) is 21.3 Å². The predicted molar refractivity (Wildman–Crippen MR) is 163 cm³/mol. The van der Waals surface area contributed by atoms with Gasteiger partial charge in [-0.25, -0.2) is 0 Å². The minimum atomic E-state index is -1.12. The highest BCUT2D eigenvalue weighted by Gasteiger charge is 2.30. The number of nitrogens with zero attached hydrogens (tertiary/aromatic N) is 1. The molecule has 0 bridgehead atoms. The summed E-state index contributed by atoms with van der Waals surface area (Å²) in [6.45, 7) is 13.6. The fourth-order valence-corrected chi connectivity index (χ4v) is 4.16. The van der Waals surface area contributed by atoms with Gasteiger partial charge in [-0.2, -0.15) is 0 Å². The van der Waals surface area contributed by atoms with Gasteiger partial charge < -0.3 is 36.0 Å². The number of amides is 5. The molecular weight excluding hydrogens is 558 g/mol. The van der Waals surface area contributed by atoms with E-state index in [1.54, 1.807) is 20.8 Å². The van der Waals surface area contributed by atoms with E-state index in [1.165, 1.54) is 4.90 Å². The molecule has 0 aromatic heterocycles. The molecule has 43 heavy (non-hydrogen) atoms. The van der Waals surface area contributed by atoms with E-state index in [9.17, 15) is 33.9 Å². The van der Waals surface area contributed by atoms with E-state index in [1.807, 2.05) is 27.7 Å². The third kappa shape index (κ3) is 19.6. The van der Waals surface area contributed by atoms with E-state index < -0.39 is 35.0 Å². The van der Waals surface area contributed by atoms with Crippen molar-refractivity contribution in [1.82, 2.24) is 26.2 Å². The smallest absolute Gasteiger partial charge is 0.303 e. The van der Waals surface area contributed by atoms with Gasteiger partial charge in [-0.15, -0.1) is 0 Å². The van der Waals surface area contributed by atoms with Crippen molar-refractivity contribution in [3.63, 3.8) is 0 Å². The molecule has 0 radical (unpaired) electrons. The number of carbonyl (C=O) groups excluding carboxylic acids is 5. The second kappa shape index (κ2) is 20.6. The van der Waals surface area contributed by atoms with Gasteiger partial charge in [0.25, 0.3) is 0 Å². The van der Waals surface area contributed by atoms with Gasteiger partial charge in [-0.3, -0.25) is 28.8 Å². The van der Waals surface area contributed by atoms with Gasteiger partial charge in [-0.1, -0.05) is 20.8 Å². The molecule has 0 aliphatic heterocycles. The van der Waals surface area contributed by atoms with Crippen molar-refractivity contribution < 1.29 is 38.6 Å². The summed E-state index contributed by atoms with van der Waals surface area (Å²) in [6.07, 6.45) is 2.37. The number of carboxylic acids is 1. The van der Waals surface area contributed by atoms with Gasteiger partial charge in [0.05, 0.1) is 12.0 Å². The fraction of sp³-hybridized carbons (Fsp3) is 0.800. The van der Waals surface area contributed by atoms with Gasteiger partial charge in [0.1, 0.15) is 6.04 Å². The van der Waals surface area contributed by atoms with Crippen molar-refractivity contribution in [1.29, 1.82) is 0 Å². The first-order chi connectivity index (χ1) is 20.1. The zero-order valence-electron chi connectivity index (χ0n) is 27.2. The van der Waals surface area contributed by atoms with E-state index in [-0.39, 0.29) is 69.8 Å². The highest BCUT2D eigenvalue weighted by molar-refractivity contribution is 5.88. The lowest BCUT2D eigenvalue weighted by Gasteiger charge is -2.31. The lowest BCUT2D eigenvalue weighted by Crippen LogP contribution is -2.52. The number of rotatable bonds is 23. The molecule has 0 saturated heterocycles. The zero-order chi connectivity index (χ0) is 33.1. The molecule has 0 heterocycles. The molecule has 0 aromatic carbocycles. The predicted octanol–water partition coefficient (Wildman–Crippen LogP) is 1.88. The van der Waals surface area contributed by atoms with Crippen LogP contribution in [0, 0.1) is 0 Å². The number of hydrogen-bond acceptors (Lipinski definition) is 7. The number of carboxylic acid groups (broad SMARTS) is 1. The normalized spacial score (nSPS) is 12.2. The summed E-state index contributed by atoms with van der Waals surface area (Å²) in [4.78, 5) is 75.0. The van der Waals surface area contributed by atoms with Gasteiger partial charge in [0, 0.05) is 64.0 Å². The summed E-state index contributed by atoms with van der Waals surface area (Å²) < 4.78 is 5.95. The number of nitrogens with one attached hydrogen (secondary N) is 4. The number of hydrogen-bond donors (Lipinski definition) is 5. The topological polar surface area (TPSA) is 183 Å². The SMILES string of the molecule is CCCC(=O)NCCN(CCNC(=O)CCC)C(=O)C(CCC(=O)O)NC(=O)CC(C)(C)OCCC(C)(C)NC(=O)CC. The summed E-state index contributed by atoms with van der Waals surface area (Å²) in [6, 6.07) is -1.12. The summed E-state index contributed by atoms with van der Waals surface area (Å²) in [5.41, 5.74) is -1.39. The Bertz CT molecular complexity index is 898. The third-order valence-electron chi connectivity index (χ3n) is 6.56. The first-order valence-electron chi connectivity index (χ1n) is 15.3. The van der Waals surface area contributed by atoms with Gasteiger partial charge in [0.2, 0.25) is 29.5 Å². The summed E-state index contributed by atoms with van der Waals surface area (Å²) in [5, 5.41) is 20.4. The molecule has 0 aliphatic carbocycles. The first-order valence-corrected chi connectivity index (χ1v) is 15.3. The zero-order valence-corrected chi connectivity index (χ0v) is 27.2. The van der Waals surface area contributed by atoms with Crippen LogP contribution in [0.2, 0.25) is 0 Å². The summed E-state index contributed by atoms with van der Waals surface area (Å²) >= 11 is 0. The average molecular weight is 614 g/mol. The van der Waals surface area contributed by atoms with Gasteiger partial charge in [0.15, 0.2) is 0 Å². The first kappa shape index (κ1) is 39.8. The Labute approximate surface area is 256 Å². The molecule has 13 heteroatoms. The van der Waals surface area contributed by atoms with Crippen molar-refractivity contribution in [2.75, 3.05) is 32.8 Å². The maximum atomic E-state index is 13.6. The molecule has 0 saturated carbocycles. The van der Waals surface area contributed by atoms with Crippen molar-refractivity contribution in [3.8, 4) is 0 Å². The molecule has 13 nitrogen and oxygen atoms in total. The van der Waals surface area contributed by atoms with Crippen LogP contribution in [0.1, 0.15) is 106 Å². The van der Waals surface area contributed by atoms with Crippen molar-refractivity contribution in [2.45, 2.75) is 123 Å². The van der Waals surface area contributed by atoms with Crippen molar-refractivity contribution >= 4 is 35.5 Å². The lowest BCUT2D eigenvalue weighted by atomic mass is 10.00. The van der Waals surface area contributed by atoms with E-state index in [4.69, 9.17) is 4.74 Å². The second-order valence-corrected chi connectivity index (χ2v) is 11.9. The van der Waals surface area contributed by atoms with Crippen molar-refractivity contribution in [3.05, 3.63) is 0 Å². The fourth-order valence-electron chi connectivity index (χ4n) is 4.16.